The number of H-pyrrole nitrogens is 1. The van der Waals surface area contributed by atoms with E-state index < -0.39 is 0 Å². The van der Waals surface area contributed by atoms with Crippen LogP contribution in [-0.4, -0.2) is 62.2 Å². The number of aryl methyl sites for hydroxylation is 1. The number of benzene rings is 1. The first kappa shape index (κ1) is 20.3. The maximum atomic E-state index is 4.53. The molecule has 2 aromatic rings. The van der Waals surface area contributed by atoms with Crippen LogP contribution in [0.15, 0.2) is 31.1 Å². The van der Waals surface area contributed by atoms with Crippen LogP contribution in [0.2, 0.25) is 0 Å². The van der Waals surface area contributed by atoms with Crippen molar-refractivity contribution in [3.8, 4) is 0 Å². The van der Waals surface area contributed by atoms with Crippen molar-refractivity contribution in [2.45, 2.75) is 25.7 Å². The Balaban J connectivity index is 1.64. The van der Waals surface area contributed by atoms with Crippen LogP contribution in [0.25, 0.3) is 5.70 Å². The molecule has 0 unspecified atom stereocenters. The summed E-state index contributed by atoms with van der Waals surface area (Å²) in [4.78, 5) is 12.4. The van der Waals surface area contributed by atoms with Crippen LogP contribution in [0.5, 0.6) is 0 Å². The van der Waals surface area contributed by atoms with E-state index in [1.807, 2.05) is 13.4 Å². The van der Waals surface area contributed by atoms with Gasteiger partial charge in [0.25, 0.3) is 0 Å². The van der Waals surface area contributed by atoms with Crippen molar-refractivity contribution in [1.82, 2.24) is 20.2 Å². The van der Waals surface area contributed by atoms with E-state index in [0.717, 1.165) is 56.0 Å². The number of nitrogens with one attached hydrogen (secondary N) is 3. The van der Waals surface area contributed by atoms with E-state index in [0.29, 0.717) is 5.92 Å². The van der Waals surface area contributed by atoms with Crippen LogP contribution >= 0.6 is 0 Å². The van der Waals surface area contributed by atoms with Crippen LogP contribution in [0.4, 0.5) is 11.4 Å². The molecule has 28 heavy (non-hydrogen) atoms. The average molecular weight is 383 g/mol. The molecule has 1 aliphatic rings. The molecule has 1 fully saturated rings. The Hall–Kier alpha value is -2.47. The van der Waals surface area contributed by atoms with E-state index in [-0.39, 0.29) is 0 Å². The lowest BCUT2D eigenvalue weighted by Crippen LogP contribution is -2.33. The summed E-state index contributed by atoms with van der Waals surface area (Å²) in [5.41, 5.74) is 6.97. The number of likely N-dealkylation sites (N-methyl/N-ethyl adjacent to an activating group) is 1. The highest BCUT2D eigenvalue weighted by Crippen LogP contribution is 2.34. The van der Waals surface area contributed by atoms with Gasteiger partial charge in [-0.05, 0) is 51.6 Å². The third-order valence-corrected chi connectivity index (χ3v) is 5.60. The summed E-state index contributed by atoms with van der Waals surface area (Å²) in [5, 5.41) is 6.79. The van der Waals surface area contributed by atoms with E-state index in [4.69, 9.17) is 0 Å². The Morgan fingerprint density at radius 1 is 1.32 bits per heavy atom. The standard InChI is InChI=1S/C22H34N6/c1-16(24-10-13-27(4)5)19-6-7-21(20(14-19)23-3)28-11-8-18(9-12-28)22-17(2)25-15-26-22/h6-7,14-15,18,23-24H,1,8-13H2,2-5H3,(H,25,26). The van der Waals surface area contributed by atoms with Crippen LogP contribution < -0.4 is 15.5 Å². The first-order chi connectivity index (χ1) is 13.5. The molecule has 1 saturated heterocycles. The minimum atomic E-state index is 0.556. The summed E-state index contributed by atoms with van der Waals surface area (Å²) < 4.78 is 0. The highest BCUT2D eigenvalue weighted by atomic mass is 15.2. The van der Waals surface area contributed by atoms with Crippen LogP contribution in [0, 0.1) is 6.92 Å². The summed E-state index contributed by atoms with van der Waals surface area (Å²) in [6, 6.07) is 6.59. The Bertz CT molecular complexity index is 786. The minimum Gasteiger partial charge on any atom is -0.386 e. The van der Waals surface area contributed by atoms with Gasteiger partial charge >= 0.3 is 0 Å². The second-order valence-electron chi connectivity index (χ2n) is 7.86. The van der Waals surface area contributed by atoms with Gasteiger partial charge < -0.3 is 25.4 Å². The molecular formula is C22H34N6. The molecule has 1 aromatic heterocycles. The van der Waals surface area contributed by atoms with Gasteiger partial charge in [0.15, 0.2) is 0 Å². The zero-order chi connectivity index (χ0) is 20.1. The minimum absolute atomic E-state index is 0.556. The first-order valence-electron chi connectivity index (χ1n) is 10.1. The third-order valence-electron chi connectivity index (χ3n) is 5.60. The molecule has 3 rings (SSSR count). The van der Waals surface area contributed by atoms with Crippen molar-refractivity contribution < 1.29 is 0 Å². The van der Waals surface area contributed by atoms with Crippen molar-refractivity contribution in [3.05, 3.63) is 48.1 Å². The molecule has 0 atom stereocenters. The molecule has 6 nitrogen and oxygen atoms in total. The summed E-state index contributed by atoms with van der Waals surface area (Å²) >= 11 is 0. The number of hydrogen-bond donors (Lipinski definition) is 3. The van der Waals surface area contributed by atoms with E-state index in [9.17, 15) is 0 Å². The number of rotatable bonds is 8. The second kappa shape index (κ2) is 9.15. The fourth-order valence-electron chi connectivity index (χ4n) is 3.91. The third kappa shape index (κ3) is 4.68. The lowest BCUT2D eigenvalue weighted by molar-refractivity contribution is 0.411. The lowest BCUT2D eigenvalue weighted by atomic mass is 9.92. The molecule has 3 N–H and O–H groups in total. The van der Waals surface area contributed by atoms with Crippen LogP contribution in [0.1, 0.15) is 35.7 Å². The molecule has 2 heterocycles. The summed E-state index contributed by atoms with van der Waals surface area (Å²) in [6.45, 7) is 10.3. The van der Waals surface area contributed by atoms with Crippen LogP contribution in [0.3, 0.4) is 0 Å². The number of aromatic amines is 1. The molecule has 0 aliphatic carbocycles. The van der Waals surface area contributed by atoms with E-state index in [1.165, 1.54) is 17.1 Å². The molecule has 0 bridgehead atoms. The average Bonchev–Trinajstić information content (AvgIpc) is 3.13. The number of piperidine rings is 1. The first-order valence-corrected chi connectivity index (χ1v) is 10.1. The summed E-state index contributed by atoms with van der Waals surface area (Å²) in [7, 11) is 6.15. The van der Waals surface area contributed by atoms with Gasteiger partial charge in [-0.3, -0.25) is 0 Å². The Morgan fingerprint density at radius 2 is 2.07 bits per heavy atom. The maximum absolute atomic E-state index is 4.53. The number of aromatic nitrogens is 2. The molecule has 0 spiro atoms. The smallest absolute Gasteiger partial charge is 0.0925 e. The molecule has 1 aliphatic heterocycles. The number of imidazole rings is 1. The molecule has 1 aromatic carbocycles. The van der Waals surface area contributed by atoms with Gasteiger partial charge in [-0.1, -0.05) is 12.6 Å². The molecule has 152 valence electrons. The zero-order valence-corrected chi connectivity index (χ0v) is 17.7. The second-order valence-corrected chi connectivity index (χ2v) is 7.86. The maximum Gasteiger partial charge on any atom is 0.0925 e. The monoisotopic (exact) mass is 382 g/mol. The Kier molecular flexibility index (Phi) is 6.62. The Labute approximate surface area is 169 Å². The van der Waals surface area contributed by atoms with Gasteiger partial charge in [0.2, 0.25) is 0 Å². The van der Waals surface area contributed by atoms with Gasteiger partial charge in [-0.2, -0.15) is 0 Å². The molecule has 6 heteroatoms. The van der Waals surface area contributed by atoms with Gasteiger partial charge in [-0.25, -0.2) is 4.98 Å². The number of hydrogen-bond acceptors (Lipinski definition) is 5. The van der Waals surface area contributed by atoms with Gasteiger partial charge in [0.05, 0.1) is 23.4 Å². The predicted molar refractivity (Wildman–Crippen MR) is 119 cm³/mol. The van der Waals surface area contributed by atoms with Gasteiger partial charge in [-0.15, -0.1) is 0 Å². The highest BCUT2D eigenvalue weighted by molar-refractivity contribution is 5.76. The van der Waals surface area contributed by atoms with E-state index in [2.05, 4.69) is 76.2 Å². The quantitative estimate of drug-likeness (QED) is 0.654. The number of nitrogens with zero attached hydrogens (tertiary/aromatic N) is 3. The summed E-state index contributed by atoms with van der Waals surface area (Å²) in [5.74, 6) is 0.556. The predicted octanol–water partition coefficient (Wildman–Crippen LogP) is 3.27. The van der Waals surface area contributed by atoms with Gasteiger partial charge in [0.1, 0.15) is 0 Å². The van der Waals surface area contributed by atoms with Crippen molar-refractivity contribution in [3.63, 3.8) is 0 Å². The largest absolute Gasteiger partial charge is 0.386 e. The molecule has 0 radical (unpaired) electrons. The fraction of sp³-hybridized carbons (Fsp3) is 0.500. The molecule has 0 saturated carbocycles. The van der Waals surface area contributed by atoms with Crippen molar-refractivity contribution in [1.29, 1.82) is 0 Å². The topological polar surface area (TPSA) is 59.2 Å². The van der Waals surface area contributed by atoms with Crippen molar-refractivity contribution >= 4 is 17.1 Å². The lowest BCUT2D eigenvalue weighted by Gasteiger charge is -2.34. The zero-order valence-electron chi connectivity index (χ0n) is 17.7. The summed E-state index contributed by atoms with van der Waals surface area (Å²) in [6.07, 6.45) is 4.08. The normalized spacial score (nSPS) is 15.1. The Morgan fingerprint density at radius 3 is 2.68 bits per heavy atom. The van der Waals surface area contributed by atoms with E-state index >= 15 is 0 Å². The highest BCUT2D eigenvalue weighted by Gasteiger charge is 2.24. The van der Waals surface area contributed by atoms with Gasteiger partial charge in [0, 0.05) is 50.5 Å². The SMILES string of the molecule is C=C(NCCN(C)C)c1ccc(N2CCC(c3nc[nH]c3C)CC2)c(NC)c1. The number of anilines is 2. The van der Waals surface area contributed by atoms with E-state index in [1.54, 1.807) is 0 Å². The fourth-order valence-corrected chi connectivity index (χ4v) is 3.91. The van der Waals surface area contributed by atoms with Crippen molar-refractivity contribution in [2.24, 2.45) is 0 Å². The molecular weight excluding hydrogens is 348 g/mol. The van der Waals surface area contributed by atoms with Crippen LogP contribution in [-0.2, 0) is 0 Å². The molecule has 0 amide bonds. The van der Waals surface area contributed by atoms with Crippen molar-refractivity contribution in [2.75, 3.05) is 57.5 Å².